The molecular weight excluding hydrogens is 248 g/mol. The normalized spacial score (nSPS) is 14.9. The van der Waals surface area contributed by atoms with Gasteiger partial charge in [-0.3, -0.25) is 0 Å². The second kappa shape index (κ2) is 7.68. The minimum atomic E-state index is -0.172. The van der Waals surface area contributed by atoms with Gasteiger partial charge in [0.1, 0.15) is 5.75 Å². The van der Waals surface area contributed by atoms with Crippen LogP contribution in [0.1, 0.15) is 65.9 Å². The van der Waals surface area contributed by atoms with Crippen molar-refractivity contribution in [1.29, 1.82) is 0 Å². The molecule has 1 rings (SSSR count). The minimum Gasteiger partial charge on any atom is -0.465 e. The fraction of sp³-hybridized carbons (Fsp3) is 0.667. The second-order valence-corrected chi connectivity index (χ2v) is 6.65. The molecule has 0 saturated carbocycles. The Morgan fingerprint density at radius 2 is 1.65 bits per heavy atom. The summed E-state index contributed by atoms with van der Waals surface area (Å²) in [6, 6.07) is 8.42. The molecule has 0 aromatic heterocycles. The summed E-state index contributed by atoms with van der Waals surface area (Å²) in [7, 11) is 0. The Bertz CT molecular complexity index is 375. The van der Waals surface area contributed by atoms with Crippen molar-refractivity contribution in [3.8, 4) is 5.75 Å². The Kier molecular flexibility index (Phi) is 6.54. The summed E-state index contributed by atoms with van der Waals surface area (Å²) in [5.41, 5.74) is 1.56. The lowest BCUT2D eigenvalue weighted by Crippen LogP contribution is -2.26. The van der Waals surface area contributed by atoms with E-state index in [9.17, 15) is 0 Å². The zero-order chi connectivity index (χ0) is 15.2. The van der Waals surface area contributed by atoms with Crippen molar-refractivity contribution in [2.24, 2.45) is 5.41 Å². The molecule has 0 heterocycles. The molecule has 0 saturated heterocycles. The molecule has 2 nitrogen and oxygen atoms in total. The summed E-state index contributed by atoms with van der Waals surface area (Å²) in [6.07, 6.45) is 1.87. The van der Waals surface area contributed by atoms with Gasteiger partial charge in [0.2, 0.25) is 0 Å². The van der Waals surface area contributed by atoms with Crippen LogP contribution in [-0.2, 0) is 4.74 Å². The van der Waals surface area contributed by atoms with Crippen molar-refractivity contribution in [3.63, 3.8) is 0 Å². The average molecular weight is 278 g/mol. The Balaban J connectivity index is 2.68. The van der Waals surface area contributed by atoms with E-state index in [0.717, 1.165) is 18.6 Å². The summed E-state index contributed by atoms with van der Waals surface area (Å²) in [6.45, 7) is 13.7. The summed E-state index contributed by atoms with van der Waals surface area (Å²) in [5.74, 6) is 1.49. The van der Waals surface area contributed by atoms with Crippen molar-refractivity contribution >= 4 is 0 Å². The highest BCUT2D eigenvalue weighted by Gasteiger charge is 2.20. The van der Waals surface area contributed by atoms with E-state index in [0.29, 0.717) is 12.5 Å². The molecule has 2 unspecified atom stereocenters. The Morgan fingerprint density at radius 3 is 2.10 bits per heavy atom. The summed E-state index contributed by atoms with van der Waals surface area (Å²) in [4.78, 5) is 0. The molecule has 1 aromatic rings. The van der Waals surface area contributed by atoms with E-state index < -0.39 is 0 Å². The zero-order valence-corrected chi connectivity index (χ0v) is 13.9. The zero-order valence-electron chi connectivity index (χ0n) is 13.9. The van der Waals surface area contributed by atoms with Crippen molar-refractivity contribution in [3.05, 3.63) is 29.8 Å². The van der Waals surface area contributed by atoms with Crippen molar-refractivity contribution in [2.45, 2.75) is 66.6 Å². The summed E-state index contributed by atoms with van der Waals surface area (Å²) >= 11 is 0. The van der Waals surface area contributed by atoms with Gasteiger partial charge in [-0.15, -0.1) is 0 Å². The van der Waals surface area contributed by atoms with Crippen LogP contribution in [0.4, 0.5) is 0 Å². The highest BCUT2D eigenvalue weighted by atomic mass is 16.7. The van der Waals surface area contributed by atoms with E-state index in [1.54, 1.807) is 0 Å². The van der Waals surface area contributed by atoms with Gasteiger partial charge >= 0.3 is 0 Å². The van der Waals surface area contributed by atoms with Crippen LogP contribution in [0.3, 0.4) is 0 Å². The van der Waals surface area contributed by atoms with Crippen molar-refractivity contribution in [1.82, 2.24) is 0 Å². The third-order valence-electron chi connectivity index (χ3n) is 3.46. The fourth-order valence-corrected chi connectivity index (χ4v) is 2.08. The predicted molar refractivity (Wildman–Crippen MR) is 85.3 cm³/mol. The molecule has 20 heavy (non-hydrogen) atoms. The lowest BCUT2D eigenvalue weighted by Gasteiger charge is -2.26. The molecule has 114 valence electrons. The maximum absolute atomic E-state index is 5.98. The largest absolute Gasteiger partial charge is 0.465 e. The van der Waals surface area contributed by atoms with Crippen LogP contribution < -0.4 is 4.74 Å². The van der Waals surface area contributed by atoms with E-state index in [4.69, 9.17) is 9.47 Å². The number of hydrogen-bond acceptors (Lipinski definition) is 2. The Hall–Kier alpha value is -1.02. The van der Waals surface area contributed by atoms with E-state index in [-0.39, 0.29) is 11.7 Å². The van der Waals surface area contributed by atoms with Gasteiger partial charge in [-0.25, -0.2) is 0 Å². The van der Waals surface area contributed by atoms with Gasteiger partial charge in [0.05, 0.1) is 0 Å². The molecule has 0 radical (unpaired) electrons. The highest BCUT2D eigenvalue weighted by Crippen LogP contribution is 2.26. The first-order valence-electron chi connectivity index (χ1n) is 7.74. The molecule has 0 aliphatic rings. The van der Waals surface area contributed by atoms with Crippen LogP contribution >= 0.6 is 0 Å². The highest BCUT2D eigenvalue weighted by molar-refractivity contribution is 5.29. The summed E-state index contributed by atoms with van der Waals surface area (Å²) < 4.78 is 11.7. The third-order valence-corrected chi connectivity index (χ3v) is 3.46. The molecule has 0 fully saturated rings. The van der Waals surface area contributed by atoms with E-state index in [1.165, 1.54) is 5.56 Å². The van der Waals surface area contributed by atoms with Crippen LogP contribution in [0.25, 0.3) is 0 Å². The molecule has 0 aliphatic carbocycles. The maximum Gasteiger partial charge on any atom is 0.200 e. The van der Waals surface area contributed by atoms with E-state index >= 15 is 0 Å². The van der Waals surface area contributed by atoms with Crippen molar-refractivity contribution < 1.29 is 9.47 Å². The van der Waals surface area contributed by atoms with Gasteiger partial charge in [0, 0.05) is 13.0 Å². The van der Waals surface area contributed by atoms with Gasteiger partial charge < -0.3 is 9.47 Å². The third kappa shape index (κ3) is 5.96. The second-order valence-electron chi connectivity index (χ2n) is 6.65. The molecule has 0 bridgehead atoms. The first-order chi connectivity index (χ1) is 9.35. The van der Waals surface area contributed by atoms with Gasteiger partial charge in [-0.2, -0.15) is 0 Å². The first-order valence-corrected chi connectivity index (χ1v) is 7.74. The molecule has 2 heteroatoms. The molecule has 0 aliphatic heterocycles. The minimum absolute atomic E-state index is 0.172. The van der Waals surface area contributed by atoms with Gasteiger partial charge in [-0.05, 0) is 42.4 Å². The maximum atomic E-state index is 5.98. The quantitative estimate of drug-likeness (QED) is 0.624. The smallest absolute Gasteiger partial charge is 0.200 e. The topological polar surface area (TPSA) is 18.5 Å². The monoisotopic (exact) mass is 278 g/mol. The molecule has 0 amide bonds. The van der Waals surface area contributed by atoms with E-state index in [2.05, 4.69) is 58.9 Å². The van der Waals surface area contributed by atoms with Crippen LogP contribution in [0, 0.1) is 5.41 Å². The first kappa shape index (κ1) is 17.0. The molecule has 1 aromatic carbocycles. The Morgan fingerprint density at radius 1 is 1.05 bits per heavy atom. The predicted octanol–water partition coefficient (Wildman–Crippen LogP) is 5.38. The van der Waals surface area contributed by atoms with Gasteiger partial charge in [-0.1, -0.05) is 46.8 Å². The summed E-state index contributed by atoms with van der Waals surface area (Å²) in [5, 5.41) is 0. The van der Waals surface area contributed by atoms with Crippen LogP contribution in [0.5, 0.6) is 5.75 Å². The lowest BCUT2D eigenvalue weighted by molar-refractivity contribution is -0.0952. The molecular formula is C18H30O2. The molecule has 2 atom stereocenters. The average Bonchev–Trinajstić information content (AvgIpc) is 2.37. The number of ether oxygens (including phenoxy) is 2. The van der Waals surface area contributed by atoms with E-state index in [1.807, 2.05) is 6.92 Å². The van der Waals surface area contributed by atoms with Crippen LogP contribution in [0.2, 0.25) is 0 Å². The SMILES string of the molecule is CCOC(CC(C)(C)C)Oc1ccc(C(C)CC)cc1. The number of hydrogen-bond donors (Lipinski definition) is 0. The fourth-order valence-electron chi connectivity index (χ4n) is 2.08. The number of benzene rings is 1. The van der Waals surface area contributed by atoms with Gasteiger partial charge in [0.25, 0.3) is 0 Å². The van der Waals surface area contributed by atoms with Crippen LogP contribution in [0.15, 0.2) is 24.3 Å². The molecule has 0 spiro atoms. The van der Waals surface area contributed by atoms with Gasteiger partial charge in [0.15, 0.2) is 6.29 Å². The number of rotatable bonds is 7. The van der Waals surface area contributed by atoms with Crippen LogP contribution in [-0.4, -0.2) is 12.9 Å². The molecule has 0 N–H and O–H groups in total. The Labute approximate surface area is 124 Å². The lowest BCUT2D eigenvalue weighted by atomic mass is 9.92. The standard InChI is InChI=1S/C18H30O2/c1-7-14(3)15-9-11-16(12-10-15)20-17(19-8-2)13-18(4,5)6/h9-12,14,17H,7-8,13H2,1-6H3. The van der Waals surface area contributed by atoms with Crippen molar-refractivity contribution in [2.75, 3.05) is 6.61 Å².